The van der Waals surface area contributed by atoms with Crippen LogP contribution in [0.25, 0.3) is 0 Å². The summed E-state index contributed by atoms with van der Waals surface area (Å²) in [5.41, 5.74) is 2.75. The summed E-state index contributed by atoms with van der Waals surface area (Å²) in [6.07, 6.45) is 6.48. The van der Waals surface area contributed by atoms with Gasteiger partial charge in [-0.25, -0.2) is 0 Å². The number of hydrogen-bond donors (Lipinski definition) is 1. The third kappa shape index (κ3) is 3.75. The molecular weight excluding hydrogens is 188 g/mol. The Morgan fingerprint density at radius 2 is 1.93 bits per heavy atom. The van der Waals surface area contributed by atoms with Crippen LogP contribution in [0, 0.1) is 6.92 Å². The van der Waals surface area contributed by atoms with Crippen molar-refractivity contribution in [3.63, 3.8) is 0 Å². The third-order valence-corrected chi connectivity index (χ3v) is 2.97. The Morgan fingerprint density at radius 3 is 2.64 bits per heavy atom. The van der Waals surface area contributed by atoms with Gasteiger partial charge in [-0.3, -0.25) is 0 Å². The fourth-order valence-corrected chi connectivity index (χ4v) is 1.91. The minimum absolute atomic E-state index is 1.15. The second-order valence-corrected chi connectivity index (χ2v) is 4.42. The highest BCUT2D eigenvalue weighted by molar-refractivity contribution is 7.80. The van der Waals surface area contributed by atoms with E-state index in [4.69, 9.17) is 0 Å². The lowest BCUT2D eigenvalue weighted by Crippen LogP contribution is -1.89. The molecule has 0 aromatic heterocycles. The van der Waals surface area contributed by atoms with E-state index < -0.39 is 0 Å². The Bertz CT molecular complexity index is 279. The number of benzene rings is 1. The molecule has 78 valence electrons. The summed E-state index contributed by atoms with van der Waals surface area (Å²) in [4.78, 5) is 1.15. The van der Waals surface area contributed by atoms with E-state index in [1.807, 2.05) is 0 Å². The molecule has 0 spiro atoms. The Morgan fingerprint density at radius 1 is 1.14 bits per heavy atom. The summed E-state index contributed by atoms with van der Waals surface area (Å²) < 4.78 is 0. The first kappa shape index (κ1) is 11.6. The predicted octanol–water partition coefficient (Wildman–Crippen LogP) is 4.41. The van der Waals surface area contributed by atoms with Crippen molar-refractivity contribution in [2.45, 2.75) is 50.8 Å². The van der Waals surface area contributed by atoms with Gasteiger partial charge in [0.2, 0.25) is 0 Å². The van der Waals surface area contributed by atoms with E-state index in [-0.39, 0.29) is 0 Å². The molecule has 14 heavy (non-hydrogen) atoms. The second kappa shape index (κ2) is 6.13. The first-order chi connectivity index (χ1) is 6.74. The fourth-order valence-electron chi connectivity index (χ4n) is 1.66. The molecule has 0 saturated carbocycles. The van der Waals surface area contributed by atoms with Gasteiger partial charge in [0.25, 0.3) is 0 Å². The molecular formula is C13H20S. The molecule has 0 nitrogen and oxygen atoms in total. The molecule has 1 aromatic rings. The monoisotopic (exact) mass is 208 g/mol. The molecule has 0 amide bonds. The van der Waals surface area contributed by atoms with Crippen LogP contribution in [0.2, 0.25) is 0 Å². The molecule has 0 N–H and O–H groups in total. The second-order valence-electron chi connectivity index (χ2n) is 3.94. The van der Waals surface area contributed by atoms with Gasteiger partial charge < -0.3 is 0 Å². The standard InChI is InChI=1S/C13H20S/c1-3-4-5-6-7-12-10-11(2)8-9-13(12)14/h8-10,14H,3-7H2,1-2H3. The molecule has 0 unspecified atom stereocenters. The van der Waals surface area contributed by atoms with Crippen LogP contribution in [0.1, 0.15) is 43.7 Å². The molecule has 0 heterocycles. The van der Waals surface area contributed by atoms with E-state index in [0.29, 0.717) is 0 Å². The van der Waals surface area contributed by atoms with Crippen LogP contribution in [0.15, 0.2) is 23.1 Å². The van der Waals surface area contributed by atoms with Crippen molar-refractivity contribution in [3.05, 3.63) is 29.3 Å². The smallest absolute Gasteiger partial charge is 0.00722 e. The SMILES string of the molecule is CCCCCCc1cc(C)ccc1S. The van der Waals surface area contributed by atoms with Crippen molar-refractivity contribution in [3.8, 4) is 0 Å². The van der Waals surface area contributed by atoms with Crippen molar-refractivity contribution in [2.75, 3.05) is 0 Å². The minimum Gasteiger partial charge on any atom is -0.143 e. The number of rotatable bonds is 5. The normalized spacial score (nSPS) is 10.5. The number of thiol groups is 1. The van der Waals surface area contributed by atoms with Gasteiger partial charge in [-0.1, -0.05) is 43.9 Å². The Hall–Kier alpha value is -0.430. The molecule has 0 saturated heterocycles. The summed E-state index contributed by atoms with van der Waals surface area (Å²) in [6.45, 7) is 4.39. The molecule has 0 atom stereocenters. The molecule has 0 aliphatic heterocycles. The quantitative estimate of drug-likeness (QED) is 0.538. The summed E-state index contributed by atoms with van der Waals surface area (Å²) >= 11 is 4.47. The summed E-state index contributed by atoms with van der Waals surface area (Å²) in [5, 5.41) is 0. The molecule has 0 bridgehead atoms. The molecule has 0 aliphatic carbocycles. The van der Waals surface area contributed by atoms with Crippen LogP contribution < -0.4 is 0 Å². The molecule has 0 radical (unpaired) electrons. The van der Waals surface area contributed by atoms with Gasteiger partial charge in [-0.15, -0.1) is 12.6 Å². The number of aryl methyl sites for hydroxylation is 2. The summed E-state index contributed by atoms with van der Waals surface area (Å²) in [6, 6.07) is 6.49. The van der Waals surface area contributed by atoms with E-state index in [9.17, 15) is 0 Å². The van der Waals surface area contributed by atoms with Gasteiger partial charge in [0.15, 0.2) is 0 Å². The van der Waals surface area contributed by atoms with E-state index in [2.05, 4.69) is 44.7 Å². The van der Waals surface area contributed by atoms with Gasteiger partial charge in [-0.05, 0) is 31.4 Å². The molecule has 0 aliphatic rings. The van der Waals surface area contributed by atoms with E-state index in [1.54, 1.807) is 0 Å². The molecule has 1 rings (SSSR count). The lowest BCUT2D eigenvalue weighted by atomic mass is 10.0. The topological polar surface area (TPSA) is 0 Å². The Balaban J connectivity index is 2.45. The highest BCUT2D eigenvalue weighted by atomic mass is 32.1. The zero-order chi connectivity index (χ0) is 10.4. The van der Waals surface area contributed by atoms with Crippen LogP contribution in [0.5, 0.6) is 0 Å². The van der Waals surface area contributed by atoms with Crippen molar-refractivity contribution in [2.24, 2.45) is 0 Å². The number of unbranched alkanes of at least 4 members (excludes halogenated alkanes) is 3. The molecule has 1 aromatic carbocycles. The molecule has 1 heteroatoms. The minimum atomic E-state index is 1.15. The lowest BCUT2D eigenvalue weighted by Gasteiger charge is -2.05. The van der Waals surface area contributed by atoms with Crippen LogP contribution in [0.4, 0.5) is 0 Å². The van der Waals surface area contributed by atoms with Crippen molar-refractivity contribution < 1.29 is 0 Å². The highest BCUT2D eigenvalue weighted by Crippen LogP contribution is 2.18. The lowest BCUT2D eigenvalue weighted by molar-refractivity contribution is 0.663. The van der Waals surface area contributed by atoms with Crippen LogP contribution in [-0.2, 0) is 6.42 Å². The fraction of sp³-hybridized carbons (Fsp3) is 0.538. The van der Waals surface area contributed by atoms with Crippen molar-refractivity contribution >= 4 is 12.6 Å². The van der Waals surface area contributed by atoms with Crippen LogP contribution >= 0.6 is 12.6 Å². The van der Waals surface area contributed by atoms with Gasteiger partial charge in [0.1, 0.15) is 0 Å². The van der Waals surface area contributed by atoms with Crippen LogP contribution in [-0.4, -0.2) is 0 Å². The zero-order valence-electron chi connectivity index (χ0n) is 9.21. The van der Waals surface area contributed by atoms with E-state index in [1.165, 1.54) is 43.2 Å². The summed E-state index contributed by atoms with van der Waals surface area (Å²) in [7, 11) is 0. The highest BCUT2D eigenvalue weighted by Gasteiger charge is 1.98. The first-order valence-corrected chi connectivity index (χ1v) is 5.97. The number of hydrogen-bond acceptors (Lipinski definition) is 1. The van der Waals surface area contributed by atoms with Gasteiger partial charge >= 0.3 is 0 Å². The van der Waals surface area contributed by atoms with E-state index >= 15 is 0 Å². The third-order valence-electron chi connectivity index (χ3n) is 2.53. The largest absolute Gasteiger partial charge is 0.143 e. The Labute approximate surface area is 93.1 Å². The maximum Gasteiger partial charge on any atom is 0.00722 e. The van der Waals surface area contributed by atoms with Gasteiger partial charge in [-0.2, -0.15) is 0 Å². The Kier molecular flexibility index (Phi) is 5.10. The van der Waals surface area contributed by atoms with Crippen molar-refractivity contribution in [1.82, 2.24) is 0 Å². The first-order valence-electron chi connectivity index (χ1n) is 5.52. The maximum absolute atomic E-state index is 4.47. The summed E-state index contributed by atoms with van der Waals surface area (Å²) in [5.74, 6) is 0. The van der Waals surface area contributed by atoms with E-state index in [0.717, 1.165) is 4.90 Å². The molecule has 0 fully saturated rings. The average molecular weight is 208 g/mol. The van der Waals surface area contributed by atoms with Crippen LogP contribution in [0.3, 0.4) is 0 Å². The maximum atomic E-state index is 4.47. The van der Waals surface area contributed by atoms with Gasteiger partial charge in [0, 0.05) is 4.90 Å². The zero-order valence-corrected chi connectivity index (χ0v) is 10.1. The predicted molar refractivity (Wildman–Crippen MR) is 66.3 cm³/mol. The average Bonchev–Trinajstić information content (AvgIpc) is 2.18. The van der Waals surface area contributed by atoms with Crippen molar-refractivity contribution in [1.29, 1.82) is 0 Å². The van der Waals surface area contributed by atoms with Gasteiger partial charge in [0.05, 0.1) is 0 Å².